The fourth-order valence-corrected chi connectivity index (χ4v) is 15.1. The molecule has 16 rings (SSSR count). The second kappa shape index (κ2) is 23.7. The van der Waals surface area contributed by atoms with Gasteiger partial charge in [0.05, 0.1) is 34.9 Å². The van der Waals surface area contributed by atoms with Crippen LogP contribution in [0.5, 0.6) is 0 Å². The Hall–Kier alpha value is -11.7. The van der Waals surface area contributed by atoms with Gasteiger partial charge < -0.3 is 14.4 Å². The zero-order chi connectivity index (χ0) is 65.4. The van der Waals surface area contributed by atoms with Crippen LogP contribution in [-0.2, 0) is 23.9 Å². The van der Waals surface area contributed by atoms with Crippen LogP contribution in [-0.4, -0.2) is 11.3 Å². The molecule has 0 unspecified atom stereocenters. The predicted octanol–water partition coefficient (Wildman–Crippen LogP) is 21.6. The van der Waals surface area contributed by atoms with Crippen molar-refractivity contribution in [2.75, 3.05) is 9.80 Å². The van der Waals surface area contributed by atoms with Crippen LogP contribution in [0.3, 0.4) is 0 Å². The van der Waals surface area contributed by atoms with Gasteiger partial charge in [-0.3, -0.25) is 0 Å². The van der Waals surface area contributed by atoms with Gasteiger partial charge in [0.25, 0.3) is 6.71 Å². The van der Waals surface area contributed by atoms with Crippen LogP contribution in [0.25, 0.3) is 99.1 Å². The Balaban J connectivity index is 1.06. The van der Waals surface area contributed by atoms with E-state index < -0.39 is 0 Å². The van der Waals surface area contributed by atoms with Gasteiger partial charge in [-0.15, -0.1) is 0 Å². The maximum absolute atomic E-state index is 10.4. The van der Waals surface area contributed by atoms with Crippen molar-refractivity contribution in [3.05, 3.63) is 330 Å². The van der Waals surface area contributed by atoms with Crippen LogP contribution >= 0.6 is 0 Å². The molecule has 2 aliphatic heterocycles. The highest BCUT2D eigenvalue weighted by Gasteiger charge is 2.44. The molecule has 0 bridgehead atoms. The van der Waals surface area contributed by atoms with Crippen LogP contribution < -0.4 is 26.2 Å². The molecule has 0 amide bonds. The molecule has 6 heteroatoms. The van der Waals surface area contributed by atoms with Crippen molar-refractivity contribution in [1.29, 1.82) is 5.26 Å². The third-order valence-electron chi connectivity index (χ3n) is 20.0. The van der Waals surface area contributed by atoms with Crippen LogP contribution in [0.1, 0.15) is 69.4 Å². The summed E-state index contributed by atoms with van der Waals surface area (Å²) in [5, 5.41) is 12.8. The van der Waals surface area contributed by atoms with E-state index >= 15 is 0 Å². The first-order chi connectivity index (χ1) is 46.8. The highest BCUT2D eigenvalue weighted by atomic mass is 15.2. The first kappa shape index (κ1) is 59.3. The Morgan fingerprint density at radius 2 is 0.760 bits per heavy atom. The molecule has 5 nitrogen and oxygen atoms in total. The second-order valence-electron chi connectivity index (χ2n) is 27.8. The third kappa shape index (κ3) is 10.4. The van der Waals surface area contributed by atoms with Gasteiger partial charge in [-0.25, -0.2) is 4.85 Å². The van der Waals surface area contributed by atoms with Gasteiger partial charge in [0.1, 0.15) is 0 Å². The topological polar surface area (TPSA) is 39.6 Å². The van der Waals surface area contributed by atoms with Crippen molar-refractivity contribution in [2.45, 2.75) is 65.5 Å². The van der Waals surface area contributed by atoms with E-state index in [0.29, 0.717) is 24.3 Å². The zero-order valence-corrected chi connectivity index (χ0v) is 54.9. The molecular formula is C90H70BN5. The lowest BCUT2D eigenvalue weighted by Crippen LogP contribution is -2.62. The van der Waals surface area contributed by atoms with Crippen LogP contribution in [0.4, 0.5) is 28.4 Å². The van der Waals surface area contributed by atoms with Crippen molar-refractivity contribution in [3.63, 3.8) is 0 Å². The van der Waals surface area contributed by atoms with E-state index in [1.807, 2.05) is 36.4 Å². The molecular weight excluding hydrogens is 1160 g/mol. The van der Waals surface area contributed by atoms with Crippen LogP contribution in [0, 0.1) is 17.9 Å². The van der Waals surface area contributed by atoms with E-state index in [1.54, 1.807) is 0 Å². The lowest BCUT2D eigenvalue weighted by molar-refractivity contribution is 0.590. The van der Waals surface area contributed by atoms with Gasteiger partial charge >= 0.3 is 0 Å². The van der Waals surface area contributed by atoms with Crippen LogP contribution in [0.2, 0.25) is 0 Å². The molecule has 1 aromatic heterocycles. The summed E-state index contributed by atoms with van der Waals surface area (Å²) in [6.07, 6.45) is 0. The number of rotatable bonds is 11. The number of nitrogens with zero attached hydrogens (tertiary/aromatic N) is 5. The molecule has 14 aromatic rings. The largest absolute Gasteiger partial charge is 0.338 e. The summed E-state index contributed by atoms with van der Waals surface area (Å²) in [4.78, 5) is 9.22. The SMILES string of the molecule is [C-]#[N+]c1cccc(-c2ccc3c(c2)B2c4cc(-c5cccc(C#N)c5)ccc4N(Cc4c(-c5ccccc5)cccc4-c4ccccc4)c4cc(-n5c6ccc(C(C)(C)C)cc6c6cc(C(C)(C)C)ccc65)cc(c42)N3Cc2c(-c3ccccc3)cccc2-c2ccccc2)c1. The number of benzene rings is 13. The molecule has 0 spiro atoms. The monoisotopic (exact) mass is 1230 g/mol. The van der Waals surface area contributed by atoms with E-state index in [1.165, 1.54) is 71.7 Å². The molecule has 3 heterocycles. The van der Waals surface area contributed by atoms with Crippen molar-refractivity contribution in [2.24, 2.45) is 0 Å². The minimum Gasteiger partial charge on any atom is -0.338 e. The molecule has 96 heavy (non-hydrogen) atoms. The Bertz CT molecular complexity index is 5020. The standard InChI is InChI=1S/C90H70BN5/c1-89(2,3)68-42-46-82-76(52-68)77-53-69(90(4,5)6)43-47-83(77)96(82)71-54-86-88-87(55-71)95(58-79-74(62-29-16-10-17-30-62)38-23-39-75(79)63-31-18-11-19-32-63)85-45-41-67(65-34-21-35-70(49-65)93-7)51-81(85)91(88)80-50-66(64-33-20-24-59(48-64)56-92)40-44-84(80)94(86)57-78-72(60-25-12-8-13-26-60)36-22-37-73(78)61-27-14-9-15-28-61/h8-55H,57-58H2,1-6H3. The Kier molecular flexibility index (Phi) is 14.6. The molecule has 0 aliphatic carbocycles. The van der Waals surface area contributed by atoms with E-state index in [0.717, 1.165) is 84.0 Å². The normalized spacial score (nSPS) is 12.5. The summed E-state index contributed by atoms with van der Waals surface area (Å²) in [6.45, 7) is 22.8. The molecule has 0 saturated carbocycles. The minimum absolute atomic E-state index is 0.0850. The molecule has 0 atom stereocenters. The number of fused-ring (bicyclic) bond motifs is 7. The average Bonchev–Trinajstić information content (AvgIpc) is 0.821. The van der Waals surface area contributed by atoms with E-state index in [4.69, 9.17) is 6.57 Å². The Labute approximate surface area is 564 Å². The van der Waals surface area contributed by atoms with E-state index in [9.17, 15) is 5.26 Å². The predicted molar refractivity (Wildman–Crippen MR) is 404 cm³/mol. The molecule has 2 aliphatic rings. The van der Waals surface area contributed by atoms with Crippen LogP contribution in [0.15, 0.2) is 291 Å². The van der Waals surface area contributed by atoms with Crippen molar-refractivity contribution in [3.8, 4) is 78.5 Å². The fourth-order valence-electron chi connectivity index (χ4n) is 15.1. The molecule has 13 aromatic carbocycles. The third-order valence-corrected chi connectivity index (χ3v) is 20.0. The summed E-state index contributed by atoms with van der Waals surface area (Å²) >= 11 is 0. The molecule has 0 fully saturated rings. The van der Waals surface area contributed by atoms with Gasteiger partial charge in [0.15, 0.2) is 5.69 Å². The lowest BCUT2D eigenvalue weighted by atomic mass is 9.33. The van der Waals surface area contributed by atoms with E-state index in [-0.39, 0.29) is 17.5 Å². The first-order valence-corrected chi connectivity index (χ1v) is 33.3. The first-order valence-electron chi connectivity index (χ1n) is 33.3. The summed E-state index contributed by atoms with van der Waals surface area (Å²) in [5.41, 5.74) is 30.7. The Morgan fingerprint density at radius 1 is 0.375 bits per heavy atom. The highest BCUT2D eigenvalue weighted by molar-refractivity contribution is 7.00. The smallest absolute Gasteiger partial charge is 0.252 e. The van der Waals surface area contributed by atoms with Crippen molar-refractivity contribution < 1.29 is 0 Å². The highest BCUT2D eigenvalue weighted by Crippen LogP contribution is 2.48. The maximum Gasteiger partial charge on any atom is 0.252 e. The summed E-state index contributed by atoms with van der Waals surface area (Å²) in [5.74, 6) is 0. The number of anilines is 4. The van der Waals surface area contributed by atoms with Gasteiger partial charge in [-0.2, -0.15) is 5.26 Å². The molecule has 458 valence electrons. The number of hydrogen-bond acceptors (Lipinski definition) is 3. The average molecular weight is 1230 g/mol. The van der Waals surface area contributed by atoms with Crippen molar-refractivity contribution >= 4 is 73.3 Å². The number of hydrogen-bond donors (Lipinski definition) is 0. The lowest BCUT2D eigenvalue weighted by Gasteiger charge is -2.45. The fraction of sp³-hybridized carbons (Fsp3) is 0.111. The van der Waals surface area contributed by atoms with E-state index in [2.05, 4.69) is 322 Å². The molecule has 0 saturated heterocycles. The van der Waals surface area contributed by atoms with Gasteiger partial charge in [-0.1, -0.05) is 266 Å². The van der Waals surface area contributed by atoms with Gasteiger partial charge in [-0.05, 0) is 183 Å². The summed E-state index contributed by atoms with van der Waals surface area (Å²) in [7, 11) is 0. The summed E-state index contributed by atoms with van der Waals surface area (Å²) < 4.78 is 2.55. The Morgan fingerprint density at radius 3 is 1.17 bits per heavy atom. The minimum atomic E-state index is -0.289. The maximum atomic E-state index is 10.4. The number of nitriles is 1. The zero-order valence-electron chi connectivity index (χ0n) is 54.9. The van der Waals surface area contributed by atoms with Crippen molar-refractivity contribution in [1.82, 2.24) is 4.57 Å². The molecule has 0 N–H and O–H groups in total. The quantitative estimate of drug-likeness (QED) is 0.0957. The second-order valence-corrected chi connectivity index (χ2v) is 27.8. The van der Waals surface area contributed by atoms with Gasteiger partial charge in [0, 0.05) is 46.6 Å². The van der Waals surface area contributed by atoms with Gasteiger partial charge in [0.2, 0.25) is 0 Å². The summed E-state index contributed by atoms with van der Waals surface area (Å²) in [6, 6.07) is 109. The number of aromatic nitrogens is 1. The molecule has 0 radical (unpaired) electrons.